The number of carbonyl (C=O) groups excluding carboxylic acids is 2. The molecule has 0 bridgehead atoms. The zero-order chi connectivity index (χ0) is 15.3. The molecule has 0 aromatic carbocycles. The molecule has 0 saturated carbocycles. The number of sulfonamides is 1. The van der Waals surface area contributed by atoms with Crippen molar-refractivity contribution in [3.63, 3.8) is 0 Å². The van der Waals surface area contributed by atoms with Crippen LogP contribution in [0.1, 0.15) is 12.8 Å². The summed E-state index contributed by atoms with van der Waals surface area (Å²) in [5, 5.41) is 6.52. The summed E-state index contributed by atoms with van der Waals surface area (Å²) in [5.41, 5.74) is -0.963. The van der Waals surface area contributed by atoms with E-state index in [4.69, 9.17) is 0 Å². The van der Waals surface area contributed by atoms with Crippen molar-refractivity contribution in [1.82, 2.24) is 14.9 Å². The Balaban J connectivity index is 1.79. The van der Waals surface area contributed by atoms with Crippen LogP contribution in [-0.2, 0) is 14.8 Å². The van der Waals surface area contributed by atoms with Gasteiger partial charge in [0.05, 0.1) is 0 Å². The number of nitrogens with zero attached hydrogens (tertiary/aromatic N) is 1. The van der Waals surface area contributed by atoms with Crippen LogP contribution < -0.4 is 10.6 Å². The van der Waals surface area contributed by atoms with Gasteiger partial charge in [0.2, 0.25) is 0 Å². The number of carbonyl (C=O) groups is 2. The third-order valence-corrected chi connectivity index (χ3v) is 8.30. The molecule has 0 aliphatic carbocycles. The number of rotatable bonds is 2. The quantitative estimate of drug-likeness (QED) is 0.728. The molecular weight excluding hydrogens is 382 g/mol. The lowest BCUT2D eigenvalue weighted by Gasteiger charge is -2.36. The summed E-state index contributed by atoms with van der Waals surface area (Å²) in [4.78, 5) is 23.1. The largest absolute Gasteiger partial charge is 0.323 e. The summed E-state index contributed by atoms with van der Waals surface area (Å²) in [7, 11) is -3.57. The van der Waals surface area contributed by atoms with Crippen LogP contribution in [0.5, 0.6) is 0 Å². The molecule has 1 aromatic rings. The average Bonchev–Trinajstić information content (AvgIpc) is 2.95. The molecule has 3 heterocycles. The van der Waals surface area contributed by atoms with Crippen molar-refractivity contribution in [3.8, 4) is 0 Å². The van der Waals surface area contributed by atoms with Crippen molar-refractivity contribution in [2.45, 2.75) is 22.6 Å². The van der Waals surface area contributed by atoms with E-state index in [1.54, 1.807) is 11.4 Å². The number of urea groups is 1. The van der Waals surface area contributed by atoms with Crippen LogP contribution in [0.2, 0.25) is 0 Å². The number of hydrogen-bond acceptors (Lipinski definition) is 5. The average molecular weight is 394 g/mol. The Morgan fingerprint density at radius 1 is 1.29 bits per heavy atom. The SMILES string of the molecule is O=C1NC(=O)C2(CCN(S(=O)(=O)c3sccc3Br)CC2)N1. The second kappa shape index (κ2) is 5.04. The zero-order valence-corrected chi connectivity index (χ0v) is 14.0. The van der Waals surface area contributed by atoms with Crippen LogP contribution in [0.4, 0.5) is 4.79 Å². The van der Waals surface area contributed by atoms with E-state index in [0.29, 0.717) is 4.47 Å². The first-order valence-corrected chi connectivity index (χ1v) is 9.33. The fraction of sp³-hybridized carbons (Fsp3) is 0.455. The Morgan fingerprint density at radius 2 is 1.95 bits per heavy atom. The molecule has 2 aliphatic rings. The summed E-state index contributed by atoms with van der Waals surface area (Å²) in [6, 6.07) is 1.17. The molecule has 10 heteroatoms. The first-order chi connectivity index (χ1) is 9.85. The van der Waals surface area contributed by atoms with Crippen molar-refractivity contribution < 1.29 is 18.0 Å². The van der Waals surface area contributed by atoms with Gasteiger partial charge in [0, 0.05) is 17.6 Å². The highest BCUT2D eigenvalue weighted by atomic mass is 79.9. The summed E-state index contributed by atoms with van der Waals surface area (Å²) < 4.78 is 27.2. The number of halogens is 1. The maximum absolute atomic E-state index is 12.5. The second-order valence-electron chi connectivity index (χ2n) is 4.95. The molecule has 3 rings (SSSR count). The molecule has 1 aromatic heterocycles. The minimum atomic E-state index is -3.57. The molecule has 0 atom stereocenters. The van der Waals surface area contributed by atoms with E-state index in [9.17, 15) is 18.0 Å². The molecule has 0 radical (unpaired) electrons. The molecule has 114 valence electrons. The number of thiophene rings is 1. The monoisotopic (exact) mass is 393 g/mol. The lowest BCUT2D eigenvalue weighted by atomic mass is 9.89. The van der Waals surface area contributed by atoms with E-state index in [-0.39, 0.29) is 36.0 Å². The standard InChI is InChI=1S/C11H12BrN3O4S2/c12-7-1-6-20-8(7)21(18,19)15-4-2-11(3-5-15)9(16)13-10(17)14-11/h1,6H,2-5H2,(H2,13,14,16,17). The Hall–Kier alpha value is -0.970. The number of piperidine rings is 1. The first kappa shape index (κ1) is 14.9. The van der Waals surface area contributed by atoms with Crippen LogP contribution in [-0.4, -0.2) is 43.3 Å². The van der Waals surface area contributed by atoms with Gasteiger partial charge in [-0.2, -0.15) is 4.31 Å². The minimum absolute atomic E-state index is 0.195. The third-order valence-electron chi connectivity index (χ3n) is 3.75. The normalized spacial score (nSPS) is 22.3. The molecule has 21 heavy (non-hydrogen) atoms. The molecular formula is C11H12BrN3O4S2. The van der Waals surface area contributed by atoms with Crippen LogP contribution in [0.3, 0.4) is 0 Å². The van der Waals surface area contributed by atoms with Crippen LogP contribution in [0.15, 0.2) is 20.1 Å². The topological polar surface area (TPSA) is 95.6 Å². The molecule has 2 fully saturated rings. The molecule has 3 amide bonds. The predicted molar refractivity (Wildman–Crippen MR) is 79.4 cm³/mol. The maximum Gasteiger partial charge on any atom is 0.322 e. The third kappa shape index (κ3) is 2.39. The Kier molecular flexibility index (Phi) is 3.59. The van der Waals surface area contributed by atoms with Gasteiger partial charge >= 0.3 is 6.03 Å². The highest BCUT2D eigenvalue weighted by Crippen LogP contribution is 2.34. The van der Waals surface area contributed by atoms with Gasteiger partial charge in [-0.15, -0.1) is 11.3 Å². The van der Waals surface area contributed by atoms with Crippen molar-refractivity contribution in [2.75, 3.05) is 13.1 Å². The van der Waals surface area contributed by atoms with Gasteiger partial charge in [-0.05, 0) is 40.2 Å². The van der Waals surface area contributed by atoms with Gasteiger partial charge < -0.3 is 5.32 Å². The van der Waals surface area contributed by atoms with Crippen LogP contribution in [0, 0.1) is 0 Å². The lowest BCUT2D eigenvalue weighted by Crippen LogP contribution is -2.55. The highest BCUT2D eigenvalue weighted by molar-refractivity contribution is 9.10. The number of imide groups is 1. The molecule has 2 N–H and O–H groups in total. The first-order valence-electron chi connectivity index (χ1n) is 6.22. The van der Waals surface area contributed by atoms with Gasteiger partial charge in [0.25, 0.3) is 15.9 Å². The summed E-state index contributed by atoms with van der Waals surface area (Å²) >= 11 is 4.38. The van der Waals surface area contributed by atoms with Crippen molar-refractivity contribution >= 4 is 49.2 Å². The van der Waals surface area contributed by atoms with Crippen molar-refractivity contribution in [3.05, 3.63) is 15.9 Å². The molecule has 2 saturated heterocycles. The lowest BCUT2D eigenvalue weighted by molar-refractivity contribution is -0.125. The van der Waals surface area contributed by atoms with E-state index < -0.39 is 21.6 Å². The van der Waals surface area contributed by atoms with Gasteiger partial charge in [-0.3, -0.25) is 10.1 Å². The van der Waals surface area contributed by atoms with Gasteiger partial charge in [-0.25, -0.2) is 13.2 Å². The second-order valence-corrected chi connectivity index (χ2v) is 8.85. The van der Waals surface area contributed by atoms with Crippen molar-refractivity contribution in [1.29, 1.82) is 0 Å². The minimum Gasteiger partial charge on any atom is -0.323 e. The Labute approximate surface area is 133 Å². The fourth-order valence-electron chi connectivity index (χ4n) is 2.57. The molecule has 0 unspecified atom stereocenters. The number of hydrogen-bond donors (Lipinski definition) is 2. The number of nitrogens with one attached hydrogen (secondary N) is 2. The van der Waals surface area contributed by atoms with E-state index in [1.807, 2.05) is 0 Å². The molecule has 1 spiro atoms. The Bertz CT molecular complexity index is 707. The van der Waals surface area contributed by atoms with E-state index in [1.165, 1.54) is 4.31 Å². The fourth-order valence-corrected chi connectivity index (χ4v) is 6.46. The summed E-state index contributed by atoms with van der Waals surface area (Å²) in [5.74, 6) is -0.373. The summed E-state index contributed by atoms with van der Waals surface area (Å²) in [6.45, 7) is 0.390. The highest BCUT2D eigenvalue weighted by Gasteiger charge is 2.49. The molecule has 2 aliphatic heterocycles. The van der Waals surface area contributed by atoms with E-state index in [0.717, 1.165) is 11.3 Å². The van der Waals surface area contributed by atoms with Crippen LogP contribution in [0.25, 0.3) is 0 Å². The van der Waals surface area contributed by atoms with Crippen molar-refractivity contribution in [2.24, 2.45) is 0 Å². The molecule has 7 nitrogen and oxygen atoms in total. The summed E-state index contributed by atoms with van der Waals surface area (Å²) in [6.07, 6.45) is 0.541. The zero-order valence-electron chi connectivity index (χ0n) is 10.8. The van der Waals surface area contributed by atoms with Gasteiger partial charge in [-0.1, -0.05) is 0 Å². The number of amides is 3. The predicted octanol–water partition coefficient (Wildman–Crippen LogP) is 0.873. The van der Waals surface area contributed by atoms with E-state index >= 15 is 0 Å². The van der Waals surface area contributed by atoms with Crippen LogP contribution >= 0.6 is 27.3 Å². The smallest absolute Gasteiger partial charge is 0.322 e. The van der Waals surface area contributed by atoms with E-state index in [2.05, 4.69) is 26.6 Å². The Morgan fingerprint density at radius 3 is 2.43 bits per heavy atom. The maximum atomic E-state index is 12.5. The van der Waals surface area contributed by atoms with Gasteiger partial charge in [0.1, 0.15) is 9.75 Å². The van der Waals surface area contributed by atoms with Gasteiger partial charge in [0.15, 0.2) is 0 Å².